The van der Waals surface area contributed by atoms with Crippen molar-refractivity contribution in [2.45, 2.75) is 12.8 Å². The molecule has 1 saturated carbocycles. The van der Waals surface area contributed by atoms with E-state index >= 15 is 0 Å². The van der Waals surface area contributed by atoms with Crippen LogP contribution < -0.4 is 15.8 Å². The van der Waals surface area contributed by atoms with Gasteiger partial charge in [0.05, 0.1) is 28.0 Å². The predicted molar refractivity (Wildman–Crippen MR) is 86.6 cm³/mol. The number of aromatic nitrogens is 1. The van der Waals surface area contributed by atoms with Gasteiger partial charge in [0.25, 0.3) is 0 Å². The summed E-state index contributed by atoms with van der Waals surface area (Å²) in [6, 6.07) is 8.83. The van der Waals surface area contributed by atoms with E-state index in [1.54, 1.807) is 30.3 Å². The van der Waals surface area contributed by atoms with Gasteiger partial charge in [-0.2, -0.15) is 4.98 Å². The molecule has 110 valence electrons. The first kappa shape index (κ1) is 14.3. The molecule has 1 heterocycles. The Hall–Kier alpha value is -1.65. The molecular formula is C15H15Cl2N3O. The van der Waals surface area contributed by atoms with Gasteiger partial charge < -0.3 is 15.8 Å². The van der Waals surface area contributed by atoms with Crippen LogP contribution in [0.3, 0.4) is 0 Å². The number of nitrogens with two attached hydrogens (primary N) is 1. The van der Waals surface area contributed by atoms with E-state index in [1.807, 2.05) is 0 Å². The molecule has 1 aliphatic rings. The fourth-order valence-electron chi connectivity index (χ4n) is 1.86. The Morgan fingerprint density at radius 2 is 1.90 bits per heavy atom. The quantitative estimate of drug-likeness (QED) is 0.850. The molecule has 1 aromatic heterocycles. The van der Waals surface area contributed by atoms with Crippen LogP contribution in [0.15, 0.2) is 30.3 Å². The van der Waals surface area contributed by atoms with Crippen molar-refractivity contribution in [1.29, 1.82) is 0 Å². The van der Waals surface area contributed by atoms with Crippen molar-refractivity contribution >= 4 is 40.4 Å². The highest BCUT2D eigenvalue weighted by Crippen LogP contribution is 2.34. The first-order valence-corrected chi connectivity index (χ1v) is 7.49. The number of pyridine rings is 1. The molecule has 4 nitrogen and oxygen atoms in total. The van der Waals surface area contributed by atoms with E-state index in [2.05, 4.69) is 10.3 Å². The lowest BCUT2D eigenvalue weighted by Gasteiger charge is -2.12. The van der Waals surface area contributed by atoms with Gasteiger partial charge >= 0.3 is 0 Å². The van der Waals surface area contributed by atoms with Crippen LogP contribution in [0.4, 0.5) is 17.2 Å². The van der Waals surface area contributed by atoms with E-state index in [1.165, 1.54) is 12.8 Å². The first-order valence-electron chi connectivity index (χ1n) is 6.74. The first-order chi connectivity index (χ1) is 10.1. The number of hydrogen-bond acceptors (Lipinski definition) is 4. The van der Waals surface area contributed by atoms with Crippen molar-refractivity contribution in [3.8, 4) is 5.88 Å². The van der Waals surface area contributed by atoms with Crippen LogP contribution in [0.1, 0.15) is 12.8 Å². The molecule has 21 heavy (non-hydrogen) atoms. The van der Waals surface area contributed by atoms with Crippen molar-refractivity contribution in [3.63, 3.8) is 0 Å². The molecule has 0 unspecified atom stereocenters. The number of nitrogen functional groups attached to an aromatic ring is 1. The lowest BCUT2D eigenvalue weighted by atomic mass is 10.3. The number of nitrogens with one attached hydrogen (secondary N) is 1. The van der Waals surface area contributed by atoms with Crippen LogP contribution in [-0.2, 0) is 0 Å². The van der Waals surface area contributed by atoms with E-state index < -0.39 is 0 Å². The smallest absolute Gasteiger partial charge is 0.239 e. The van der Waals surface area contributed by atoms with Gasteiger partial charge in [-0.25, -0.2) is 0 Å². The molecule has 0 spiro atoms. The highest BCUT2D eigenvalue weighted by molar-refractivity contribution is 6.39. The lowest BCUT2D eigenvalue weighted by Crippen LogP contribution is -2.05. The Labute approximate surface area is 133 Å². The summed E-state index contributed by atoms with van der Waals surface area (Å²) in [7, 11) is 0. The predicted octanol–water partition coefficient (Wildman–Crippen LogP) is 4.50. The van der Waals surface area contributed by atoms with Gasteiger partial charge in [-0.15, -0.1) is 0 Å². The molecule has 3 N–H and O–H groups in total. The van der Waals surface area contributed by atoms with Crippen LogP contribution >= 0.6 is 23.2 Å². The molecular weight excluding hydrogens is 309 g/mol. The molecule has 6 heteroatoms. The lowest BCUT2D eigenvalue weighted by molar-refractivity contribution is 0.290. The van der Waals surface area contributed by atoms with Crippen molar-refractivity contribution in [1.82, 2.24) is 4.98 Å². The standard InChI is InChI=1S/C15H15Cl2N3O/c16-10-2-1-3-11(17)14(10)19-13-7-6-12(18)15(20-13)21-8-9-4-5-9/h1-3,6-7,9H,4-5,8,18H2,(H,19,20). The molecule has 0 bridgehead atoms. The number of anilines is 3. The summed E-state index contributed by atoms with van der Waals surface area (Å²) >= 11 is 12.3. The maximum Gasteiger partial charge on any atom is 0.239 e. The Balaban J connectivity index is 1.80. The molecule has 1 fully saturated rings. The molecule has 1 aliphatic carbocycles. The van der Waals surface area contributed by atoms with E-state index in [0.717, 1.165) is 0 Å². The second kappa shape index (κ2) is 6.00. The van der Waals surface area contributed by atoms with Gasteiger partial charge in [-0.05, 0) is 43.0 Å². The fourth-order valence-corrected chi connectivity index (χ4v) is 2.35. The molecule has 2 aromatic rings. The second-order valence-corrected chi connectivity index (χ2v) is 5.88. The van der Waals surface area contributed by atoms with Gasteiger partial charge in [-0.1, -0.05) is 29.3 Å². The van der Waals surface area contributed by atoms with Crippen LogP contribution in [0.25, 0.3) is 0 Å². The Kier molecular flexibility index (Phi) is 4.08. The van der Waals surface area contributed by atoms with E-state index in [9.17, 15) is 0 Å². The molecule has 0 atom stereocenters. The summed E-state index contributed by atoms with van der Waals surface area (Å²) in [5.41, 5.74) is 7.02. The minimum absolute atomic E-state index is 0.440. The van der Waals surface area contributed by atoms with Crippen molar-refractivity contribution in [3.05, 3.63) is 40.4 Å². The molecule has 1 aromatic carbocycles. The summed E-state index contributed by atoms with van der Waals surface area (Å²) in [6.45, 7) is 0.660. The number of para-hydroxylation sites is 1. The van der Waals surface area contributed by atoms with Crippen molar-refractivity contribution in [2.75, 3.05) is 17.7 Å². The number of benzene rings is 1. The van der Waals surface area contributed by atoms with Gasteiger partial charge in [0.1, 0.15) is 5.82 Å². The number of halogens is 2. The topological polar surface area (TPSA) is 60.2 Å². The minimum Gasteiger partial charge on any atom is -0.476 e. The zero-order chi connectivity index (χ0) is 14.8. The average molecular weight is 324 g/mol. The Morgan fingerprint density at radius 1 is 1.19 bits per heavy atom. The average Bonchev–Trinajstić information content (AvgIpc) is 3.27. The highest BCUT2D eigenvalue weighted by Gasteiger charge is 2.22. The fraction of sp³-hybridized carbons (Fsp3) is 0.267. The maximum atomic E-state index is 6.13. The largest absolute Gasteiger partial charge is 0.476 e. The van der Waals surface area contributed by atoms with Gasteiger partial charge in [0.15, 0.2) is 0 Å². The molecule has 0 radical (unpaired) electrons. The molecule has 0 amide bonds. The van der Waals surface area contributed by atoms with Crippen LogP contribution in [0.5, 0.6) is 5.88 Å². The zero-order valence-electron chi connectivity index (χ0n) is 11.3. The second-order valence-electron chi connectivity index (χ2n) is 5.07. The van der Waals surface area contributed by atoms with Crippen molar-refractivity contribution in [2.24, 2.45) is 5.92 Å². The Bertz CT molecular complexity index is 639. The van der Waals surface area contributed by atoms with Gasteiger partial charge in [0, 0.05) is 0 Å². The number of nitrogens with zero attached hydrogens (tertiary/aromatic N) is 1. The Morgan fingerprint density at radius 3 is 2.57 bits per heavy atom. The molecule has 3 rings (SSSR count). The third kappa shape index (κ3) is 3.52. The summed E-state index contributed by atoms with van der Waals surface area (Å²) in [5, 5.41) is 4.16. The number of hydrogen-bond donors (Lipinski definition) is 2. The summed E-state index contributed by atoms with van der Waals surface area (Å²) in [5.74, 6) is 1.67. The normalized spacial score (nSPS) is 14.0. The SMILES string of the molecule is Nc1ccc(Nc2c(Cl)cccc2Cl)nc1OCC1CC1. The summed E-state index contributed by atoms with van der Waals surface area (Å²) < 4.78 is 5.66. The van der Waals surface area contributed by atoms with Gasteiger partial charge in [0.2, 0.25) is 5.88 Å². The molecule has 0 aliphatic heterocycles. The maximum absolute atomic E-state index is 6.13. The third-order valence-corrected chi connectivity index (χ3v) is 3.89. The van der Waals surface area contributed by atoms with Gasteiger partial charge in [-0.3, -0.25) is 0 Å². The van der Waals surface area contributed by atoms with Crippen molar-refractivity contribution < 1.29 is 4.74 Å². The monoisotopic (exact) mass is 323 g/mol. The number of rotatable bonds is 5. The highest BCUT2D eigenvalue weighted by atomic mass is 35.5. The van der Waals surface area contributed by atoms with Crippen LogP contribution in [0, 0.1) is 5.92 Å². The summed E-state index contributed by atoms with van der Waals surface area (Å²) in [4.78, 5) is 4.37. The van der Waals surface area contributed by atoms with Crippen LogP contribution in [0.2, 0.25) is 10.0 Å². The van der Waals surface area contributed by atoms with Crippen LogP contribution in [-0.4, -0.2) is 11.6 Å². The van der Waals surface area contributed by atoms with E-state index in [-0.39, 0.29) is 0 Å². The third-order valence-electron chi connectivity index (χ3n) is 3.26. The van der Waals surface area contributed by atoms with E-state index in [0.29, 0.717) is 45.6 Å². The minimum atomic E-state index is 0.440. The zero-order valence-corrected chi connectivity index (χ0v) is 12.8. The molecule has 0 saturated heterocycles. The summed E-state index contributed by atoms with van der Waals surface area (Å²) in [6.07, 6.45) is 2.43. The number of ether oxygens (including phenoxy) is 1. The van der Waals surface area contributed by atoms with E-state index in [4.69, 9.17) is 33.7 Å².